The second-order valence-electron chi connectivity index (χ2n) is 8.04. The number of rotatable bonds is 3. The average molecular weight is 388 g/mol. The molecule has 3 amide bonds. The number of hydrogen-bond acceptors (Lipinski definition) is 3. The Morgan fingerprint density at radius 2 is 1.76 bits per heavy atom. The van der Waals surface area contributed by atoms with E-state index in [4.69, 9.17) is 0 Å². The predicted octanol–water partition coefficient (Wildman–Crippen LogP) is 4.40. The zero-order valence-electron chi connectivity index (χ0n) is 16.9. The summed E-state index contributed by atoms with van der Waals surface area (Å²) in [5, 5.41) is 2.91. The summed E-state index contributed by atoms with van der Waals surface area (Å²) in [7, 11) is 0. The molecule has 5 heteroatoms. The van der Waals surface area contributed by atoms with Gasteiger partial charge in [-0.05, 0) is 63.4 Å². The van der Waals surface area contributed by atoms with Crippen molar-refractivity contribution in [2.75, 3.05) is 10.2 Å². The molecule has 0 spiro atoms. The fourth-order valence-corrected chi connectivity index (χ4v) is 4.23. The molecule has 2 aromatic carbocycles. The first-order valence-corrected chi connectivity index (χ1v) is 9.87. The first kappa shape index (κ1) is 19.1. The minimum Gasteiger partial charge on any atom is -0.322 e. The zero-order valence-corrected chi connectivity index (χ0v) is 16.9. The van der Waals surface area contributed by atoms with E-state index in [2.05, 4.69) is 5.32 Å². The van der Waals surface area contributed by atoms with E-state index in [1.807, 2.05) is 45.0 Å². The van der Waals surface area contributed by atoms with Crippen LogP contribution < -0.4 is 10.2 Å². The van der Waals surface area contributed by atoms with Crippen LogP contribution in [0.15, 0.2) is 54.1 Å². The first-order chi connectivity index (χ1) is 13.8. The lowest BCUT2D eigenvalue weighted by molar-refractivity contribution is -0.122. The lowest BCUT2D eigenvalue weighted by Crippen LogP contribution is -2.31. The van der Waals surface area contributed by atoms with E-state index in [1.165, 1.54) is 4.90 Å². The summed E-state index contributed by atoms with van der Waals surface area (Å²) in [5.74, 6) is -1.19. The summed E-state index contributed by atoms with van der Waals surface area (Å²) < 4.78 is 0. The quantitative estimate of drug-likeness (QED) is 0.626. The van der Waals surface area contributed by atoms with Gasteiger partial charge in [0, 0.05) is 11.3 Å². The number of nitrogens with one attached hydrogen (secondary N) is 1. The molecule has 2 aromatic rings. The number of fused-ring (bicyclic) bond motifs is 1. The maximum absolute atomic E-state index is 12.9. The van der Waals surface area contributed by atoms with Gasteiger partial charge in [-0.1, -0.05) is 35.4 Å². The van der Waals surface area contributed by atoms with Gasteiger partial charge < -0.3 is 5.32 Å². The van der Waals surface area contributed by atoms with Crippen LogP contribution in [-0.2, 0) is 9.59 Å². The van der Waals surface area contributed by atoms with Crippen molar-refractivity contribution < 1.29 is 14.4 Å². The molecule has 148 valence electrons. The Labute approximate surface area is 170 Å². The third kappa shape index (κ3) is 3.48. The summed E-state index contributed by atoms with van der Waals surface area (Å²) in [4.78, 5) is 39.8. The molecule has 2 atom stereocenters. The number of benzene rings is 2. The Bertz CT molecular complexity index is 1050. The standard InChI is InChI=1S/C24H24N2O3/c1-14-8-10-21(16(3)11-14)25-22(27)17-5-4-6-18(13-17)26-23(28)19-9-7-15(2)12-20(19)24(26)29/h4-8,10-11,13,19-20H,9,12H2,1-3H3,(H,25,27)/t19-,20+/m1/s1. The Kier molecular flexibility index (Phi) is 4.82. The van der Waals surface area contributed by atoms with Gasteiger partial charge in [0.1, 0.15) is 0 Å². The van der Waals surface area contributed by atoms with Gasteiger partial charge in [-0.25, -0.2) is 0 Å². The molecule has 5 nitrogen and oxygen atoms in total. The van der Waals surface area contributed by atoms with Gasteiger partial charge in [0.15, 0.2) is 0 Å². The van der Waals surface area contributed by atoms with Crippen LogP contribution in [0.4, 0.5) is 11.4 Å². The van der Waals surface area contributed by atoms with E-state index in [-0.39, 0.29) is 29.6 Å². The van der Waals surface area contributed by atoms with Crippen LogP contribution in [0.2, 0.25) is 0 Å². The van der Waals surface area contributed by atoms with E-state index >= 15 is 0 Å². The minimum atomic E-state index is -0.293. The second kappa shape index (κ2) is 7.32. The molecule has 2 aliphatic rings. The molecular weight excluding hydrogens is 364 g/mol. The Balaban J connectivity index is 1.58. The van der Waals surface area contributed by atoms with Crippen molar-refractivity contribution in [3.8, 4) is 0 Å². The van der Waals surface area contributed by atoms with Crippen LogP contribution in [0.25, 0.3) is 0 Å². The fourth-order valence-electron chi connectivity index (χ4n) is 4.23. The third-order valence-electron chi connectivity index (χ3n) is 5.82. The van der Waals surface area contributed by atoms with Crippen molar-refractivity contribution in [2.24, 2.45) is 11.8 Å². The highest BCUT2D eigenvalue weighted by Crippen LogP contribution is 2.39. The molecule has 1 fully saturated rings. The van der Waals surface area contributed by atoms with Crippen LogP contribution in [0.1, 0.15) is 41.3 Å². The lowest BCUT2D eigenvalue weighted by atomic mass is 9.82. The molecule has 0 aromatic heterocycles. The molecule has 0 radical (unpaired) electrons. The molecule has 4 rings (SSSR count). The predicted molar refractivity (Wildman–Crippen MR) is 113 cm³/mol. The topological polar surface area (TPSA) is 66.5 Å². The van der Waals surface area contributed by atoms with Crippen molar-refractivity contribution in [1.82, 2.24) is 0 Å². The van der Waals surface area contributed by atoms with Gasteiger partial charge in [-0.2, -0.15) is 0 Å². The largest absolute Gasteiger partial charge is 0.322 e. The summed E-state index contributed by atoms with van der Waals surface area (Å²) >= 11 is 0. The Morgan fingerprint density at radius 3 is 2.52 bits per heavy atom. The van der Waals surface area contributed by atoms with Crippen LogP contribution in [0, 0.1) is 25.7 Å². The smallest absolute Gasteiger partial charge is 0.255 e. The van der Waals surface area contributed by atoms with E-state index in [1.54, 1.807) is 24.3 Å². The Morgan fingerprint density at radius 1 is 1.00 bits per heavy atom. The van der Waals surface area contributed by atoms with Crippen LogP contribution in [-0.4, -0.2) is 17.7 Å². The molecule has 0 bridgehead atoms. The molecule has 1 aliphatic heterocycles. The molecule has 1 heterocycles. The summed E-state index contributed by atoms with van der Waals surface area (Å²) in [6, 6.07) is 12.5. The monoisotopic (exact) mass is 388 g/mol. The minimum absolute atomic E-state index is 0.167. The number of carbonyl (C=O) groups is 3. The molecule has 1 N–H and O–H groups in total. The molecule has 0 unspecified atom stereocenters. The van der Waals surface area contributed by atoms with Crippen LogP contribution in [0.3, 0.4) is 0 Å². The number of nitrogens with zero attached hydrogens (tertiary/aromatic N) is 1. The van der Waals surface area contributed by atoms with Crippen molar-refractivity contribution in [3.05, 3.63) is 70.8 Å². The number of amides is 3. The Hall–Kier alpha value is -3.21. The first-order valence-electron chi connectivity index (χ1n) is 9.87. The van der Waals surface area contributed by atoms with Gasteiger partial charge in [-0.3, -0.25) is 19.3 Å². The summed E-state index contributed by atoms with van der Waals surface area (Å²) in [6.07, 6.45) is 3.27. The lowest BCUT2D eigenvalue weighted by Gasteiger charge is -2.18. The third-order valence-corrected chi connectivity index (χ3v) is 5.82. The van der Waals surface area contributed by atoms with Crippen LogP contribution in [0.5, 0.6) is 0 Å². The van der Waals surface area contributed by atoms with Gasteiger partial charge in [0.2, 0.25) is 11.8 Å². The van der Waals surface area contributed by atoms with Gasteiger partial charge >= 0.3 is 0 Å². The highest BCUT2D eigenvalue weighted by Gasteiger charge is 2.48. The van der Waals surface area contributed by atoms with Gasteiger partial charge in [0.25, 0.3) is 5.91 Å². The number of anilines is 2. The van der Waals surface area contributed by atoms with Crippen molar-refractivity contribution >= 4 is 29.1 Å². The molecule has 1 saturated heterocycles. The molecule has 0 saturated carbocycles. The number of imide groups is 1. The number of hydrogen-bond donors (Lipinski definition) is 1. The highest BCUT2D eigenvalue weighted by molar-refractivity contribution is 6.22. The number of carbonyl (C=O) groups excluding carboxylic acids is 3. The van der Waals surface area contributed by atoms with E-state index in [9.17, 15) is 14.4 Å². The fraction of sp³-hybridized carbons (Fsp3) is 0.292. The number of allylic oxidation sites excluding steroid dienone is 2. The van der Waals surface area contributed by atoms with Crippen molar-refractivity contribution in [2.45, 2.75) is 33.6 Å². The normalized spacial score (nSPS) is 21.1. The van der Waals surface area contributed by atoms with E-state index in [0.717, 1.165) is 22.4 Å². The van der Waals surface area contributed by atoms with E-state index in [0.29, 0.717) is 24.1 Å². The molecular formula is C24H24N2O3. The maximum atomic E-state index is 12.9. The maximum Gasteiger partial charge on any atom is 0.255 e. The summed E-state index contributed by atoms with van der Waals surface area (Å²) in [6.45, 7) is 5.94. The number of aryl methyl sites for hydroxylation is 2. The van der Waals surface area contributed by atoms with Gasteiger partial charge in [-0.15, -0.1) is 0 Å². The van der Waals surface area contributed by atoms with Crippen molar-refractivity contribution in [3.63, 3.8) is 0 Å². The molecule has 1 aliphatic carbocycles. The summed E-state index contributed by atoms with van der Waals surface area (Å²) in [5.41, 5.74) is 4.86. The average Bonchev–Trinajstić information content (AvgIpc) is 2.94. The molecule has 29 heavy (non-hydrogen) atoms. The second-order valence-corrected chi connectivity index (χ2v) is 8.04. The SMILES string of the molecule is CC1=CC[C@H]2C(=O)N(c3cccc(C(=O)Nc4ccc(C)cc4C)c3)C(=O)[C@H]2C1. The van der Waals surface area contributed by atoms with E-state index < -0.39 is 0 Å². The zero-order chi connectivity index (χ0) is 20.7. The van der Waals surface area contributed by atoms with Crippen molar-refractivity contribution in [1.29, 1.82) is 0 Å². The highest BCUT2D eigenvalue weighted by atomic mass is 16.2. The van der Waals surface area contributed by atoms with Crippen LogP contribution >= 0.6 is 0 Å². The van der Waals surface area contributed by atoms with Gasteiger partial charge in [0.05, 0.1) is 17.5 Å².